The van der Waals surface area contributed by atoms with Crippen LogP contribution >= 0.6 is 11.3 Å². The third-order valence-corrected chi connectivity index (χ3v) is 6.65. The summed E-state index contributed by atoms with van der Waals surface area (Å²) in [5.74, 6) is 0.609. The average molecular weight is 472 g/mol. The lowest BCUT2D eigenvalue weighted by atomic mass is 10.1. The summed E-state index contributed by atoms with van der Waals surface area (Å²) in [5, 5.41) is 15.9. The highest BCUT2D eigenvalue weighted by Crippen LogP contribution is 2.28. The Morgan fingerprint density at radius 2 is 1.91 bits per heavy atom. The highest BCUT2D eigenvalue weighted by atomic mass is 32.1. The second-order valence-electron chi connectivity index (χ2n) is 8.03. The van der Waals surface area contributed by atoms with E-state index in [4.69, 9.17) is 0 Å². The molecule has 3 heterocycles. The number of rotatable bonds is 5. The van der Waals surface area contributed by atoms with Gasteiger partial charge in [0.05, 0.1) is 10.3 Å². The van der Waals surface area contributed by atoms with Gasteiger partial charge in [0.25, 0.3) is 11.5 Å². The Hall–Kier alpha value is -4.18. The molecule has 0 spiro atoms. The van der Waals surface area contributed by atoms with Gasteiger partial charge in [0.1, 0.15) is 17.2 Å². The monoisotopic (exact) mass is 471 g/mol. The van der Waals surface area contributed by atoms with Gasteiger partial charge in [0.15, 0.2) is 0 Å². The molecule has 0 atom stereocenters. The molecule has 2 N–H and O–H groups in total. The van der Waals surface area contributed by atoms with Crippen molar-refractivity contribution in [2.45, 2.75) is 27.3 Å². The van der Waals surface area contributed by atoms with Crippen molar-refractivity contribution in [2.75, 3.05) is 5.32 Å². The van der Waals surface area contributed by atoms with Gasteiger partial charge in [-0.3, -0.25) is 9.59 Å². The summed E-state index contributed by atoms with van der Waals surface area (Å²) in [4.78, 5) is 35.5. The third kappa shape index (κ3) is 4.11. The van der Waals surface area contributed by atoms with Crippen molar-refractivity contribution in [1.82, 2.24) is 30.2 Å². The van der Waals surface area contributed by atoms with Gasteiger partial charge in [-0.15, -0.1) is 21.5 Å². The highest BCUT2D eigenvalue weighted by Gasteiger charge is 2.20. The molecule has 1 amide bonds. The zero-order valence-electron chi connectivity index (χ0n) is 18.8. The maximum Gasteiger partial charge on any atom is 0.266 e. The molecule has 34 heavy (non-hydrogen) atoms. The van der Waals surface area contributed by atoms with Gasteiger partial charge in [-0.1, -0.05) is 48.0 Å². The molecule has 0 fully saturated rings. The van der Waals surface area contributed by atoms with E-state index in [-0.39, 0.29) is 18.0 Å². The summed E-state index contributed by atoms with van der Waals surface area (Å²) in [5.41, 5.74) is 3.98. The molecule has 2 aromatic carbocycles. The second kappa shape index (κ2) is 8.64. The Bertz CT molecular complexity index is 1580. The summed E-state index contributed by atoms with van der Waals surface area (Å²) in [6.07, 6.45) is 0. The number of aromatic nitrogens is 6. The summed E-state index contributed by atoms with van der Waals surface area (Å²) in [7, 11) is 0. The van der Waals surface area contributed by atoms with E-state index < -0.39 is 0 Å². The lowest BCUT2D eigenvalue weighted by Gasteiger charge is -2.08. The number of amides is 1. The Balaban J connectivity index is 1.43. The average Bonchev–Trinajstić information content (AvgIpc) is 3.41. The van der Waals surface area contributed by atoms with E-state index in [0.29, 0.717) is 32.3 Å². The molecule has 9 nitrogen and oxygen atoms in total. The molecule has 0 aliphatic carbocycles. The van der Waals surface area contributed by atoms with Gasteiger partial charge in [0.2, 0.25) is 5.82 Å². The molecule has 0 saturated heterocycles. The second-order valence-corrected chi connectivity index (χ2v) is 9.03. The number of anilines is 1. The van der Waals surface area contributed by atoms with E-state index >= 15 is 0 Å². The lowest BCUT2D eigenvalue weighted by molar-refractivity contribution is 0.103. The molecule has 170 valence electrons. The lowest BCUT2D eigenvalue weighted by Crippen LogP contribution is -2.16. The van der Waals surface area contributed by atoms with E-state index in [1.165, 1.54) is 16.1 Å². The zero-order valence-corrected chi connectivity index (χ0v) is 19.6. The van der Waals surface area contributed by atoms with Crippen LogP contribution in [-0.2, 0) is 6.54 Å². The summed E-state index contributed by atoms with van der Waals surface area (Å²) >= 11 is 1.19. The molecular weight excluding hydrogens is 450 g/mol. The van der Waals surface area contributed by atoms with Crippen molar-refractivity contribution in [3.8, 4) is 11.4 Å². The first-order chi connectivity index (χ1) is 16.4. The fourth-order valence-corrected chi connectivity index (χ4v) is 4.86. The normalized spacial score (nSPS) is 11.1. The van der Waals surface area contributed by atoms with Gasteiger partial charge in [-0.05, 0) is 43.2 Å². The number of H-pyrrole nitrogens is 1. The van der Waals surface area contributed by atoms with Crippen molar-refractivity contribution in [3.05, 3.63) is 86.3 Å². The topological polar surface area (TPSA) is 118 Å². The van der Waals surface area contributed by atoms with E-state index in [9.17, 15) is 9.59 Å². The Morgan fingerprint density at radius 1 is 1.12 bits per heavy atom. The van der Waals surface area contributed by atoms with E-state index in [0.717, 1.165) is 22.4 Å². The number of carbonyl (C=O) groups excluding carboxylic acids is 1. The molecular formula is C24H21N7O2S. The first kappa shape index (κ1) is 21.7. The van der Waals surface area contributed by atoms with Crippen LogP contribution in [0.15, 0.2) is 53.3 Å². The largest absolute Gasteiger partial charge is 0.321 e. The van der Waals surface area contributed by atoms with Gasteiger partial charge in [0, 0.05) is 11.3 Å². The van der Waals surface area contributed by atoms with Crippen molar-refractivity contribution >= 4 is 33.1 Å². The van der Waals surface area contributed by atoms with Crippen LogP contribution in [0.4, 0.5) is 5.69 Å². The number of carbonyl (C=O) groups is 1. The van der Waals surface area contributed by atoms with Gasteiger partial charge in [-0.2, -0.15) is 4.80 Å². The van der Waals surface area contributed by atoms with Crippen LogP contribution in [0.25, 0.3) is 21.6 Å². The number of thiophene rings is 1. The Labute approximate surface area is 198 Å². The first-order valence-corrected chi connectivity index (χ1v) is 11.4. The third-order valence-electron chi connectivity index (χ3n) is 5.46. The van der Waals surface area contributed by atoms with Gasteiger partial charge >= 0.3 is 0 Å². The predicted octanol–water partition coefficient (Wildman–Crippen LogP) is 3.86. The standard InChI is InChI=1S/C24H21N7O2S/c1-13-9-10-17(14(2)11-13)25-23(33)20-15(3)19-22(32)26-18(27-24(19)34-20)12-31-29-21(28-30-31)16-7-5-4-6-8-16/h4-11H,12H2,1-3H3,(H,25,33)(H,26,27,32). The fourth-order valence-electron chi connectivity index (χ4n) is 3.76. The van der Waals surface area contributed by atoms with E-state index in [1.54, 1.807) is 6.92 Å². The van der Waals surface area contributed by atoms with Crippen molar-refractivity contribution in [2.24, 2.45) is 0 Å². The number of nitrogens with zero attached hydrogens (tertiary/aromatic N) is 5. The number of nitrogens with one attached hydrogen (secondary N) is 2. The summed E-state index contributed by atoms with van der Waals surface area (Å²) < 4.78 is 0. The van der Waals surface area contributed by atoms with Crippen LogP contribution in [-0.4, -0.2) is 36.1 Å². The summed E-state index contributed by atoms with van der Waals surface area (Å²) in [6.45, 7) is 5.85. The predicted molar refractivity (Wildman–Crippen MR) is 131 cm³/mol. The van der Waals surface area contributed by atoms with E-state index in [1.807, 2.05) is 62.4 Å². The minimum atomic E-state index is -0.303. The Kier molecular flexibility index (Phi) is 5.50. The number of hydrogen-bond donors (Lipinski definition) is 2. The van der Waals surface area contributed by atoms with Crippen LogP contribution in [0.2, 0.25) is 0 Å². The van der Waals surface area contributed by atoms with Crippen LogP contribution < -0.4 is 10.9 Å². The molecule has 0 aliphatic heterocycles. The maximum atomic E-state index is 13.0. The molecule has 5 aromatic rings. The quantitative estimate of drug-likeness (QED) is 0.402. The van der Waals surface area contributed by atoms with Crippen LogP contribution in [0, 0.1) is 20.8 Å². The number of tetrazole rings is 1. The Morgan fingerprint density at radius 3 is 2.68 bits per heavy atom. The number of benzene rings is 2. The number of aromatic amines is 1. The molecule has 0 aliphatic rings. The number of fused-ring (bicyclic) bond motifs is 1. The molecule has 0 unspecified atom stereocenters. The van der Waals surface area contributed by atoms with Crippen LogP contribution in [0.1, 0.15) is 32.2 Å². The molecule has 0 radical (unpaired) electrons. The molecule has 10 heteroatoms. The van der Waals surface area contributed by atoms with Crippen molar-refractivity contribution in [3.63, 3.8) is 0 Å². The first-order valence-electron chi connectivity index (χ1n) is 10.6. The fraction of sp³-hybridized carbons (Fsp3) is 0.167. The number of hydrogen-bond acceptors (Lipinski definition) is 7. The highest BCUT2D eigenvalue weighted by molar-refractivity contribution is 7.20. The van der Waals surface area contributed by atoms with Crippen molar-refractivity contribution < 1.29 is 4.79 Å². The van der Waals surface area contributed by atoms with E-state index in [2.05, 4.69) is 30.7 Å². The molecule has 5 rings (SSSR count). The van der Waals surface area contributed by atoms with Crippen LogP contribution in [0.3, 0.4) is 0 Å². The molecule has 3 aromatic heterocycles. The maximum absolute atomic E-state index is 13.0. The molecule has 0 saturated carbocycles. The smallest absolute Gasteiger partial charge is 0.266 e. The minimum absolute atomic E-state index is 0.145. The minimum Gasteiger partial charge on any atom is -0.321 e. The summed E-state index contributed by atoms with van der Waals surface area (Å²) in [6, 6.07) is 15.3. The SMILES string of the molecule is Cc1ccc(NC(=O)c2sc3nc(Cn4nnc(-c5ccccc5)n4)[nH]c(=O)c3c2C)c(C)c1. The van der Waals surface area contributed by atoms with Crippen molar-refractivity contribution in [1.29, 1.82) is 0 Å². The zero-order chi connectivity index (χ0) is 23.8. The molecule has 0 bridgehead atoms. The number of aryl methyl sites for hydroxylation is 3. The van der Waals surface area contributed by atoms with Gasteiger partial charge in [-0.25, -0.2) is 4.98 Å². The van der Waals surface area contributed by atoms with Gasteiger partial charge < -0.3 is 10.3 Å². The van der Waals surface area contributed by atoms with Crippen LogP contribution in [0.5, 0.6) is 0 Å².